The highest BCUT2D eigenvalue weighted by molar-refractivity contribution is 9.10. The molecule has 1 saturated heterocycles. The van der Waals surface area contributed by atoms with Gasteiger partial charge in [0.15, 0.2) is 0 Å². The second-order valence-electron chi connectivity index (χ2n) is 4.43. The third kappa shape index (κ3) is 2.94. The van der Waals surface area contributed by atoms with Crippen LogP contribution in [0.1, 0.15) is 13.3 Å². The summed E-state index contributed by atoms with van der Waals surface area (Å²) in [5.41, 5.74) is 6.08. The number of morpholine rings is 1. The number of nitrogens with zero attached hydrogens (tertiary/aromatic N) is 1. The summed E-state index contributed by atoms with van der Waals surface area (Å²) in [5.74, 6) is 0. The van der Waals surface area contributed by atoms with Gasteiger partial charge in [-0.2, -0.15) is 4.31 Å². The van der Waals surface area contributed by atoms with Crippen molar-refractivity contribution < 1.29 is 13.2 Å². The van der Waals surface area contributed by atoms with E-state index in [1.54, 1.807) is 18.2 Å². The van der Waals surface area contributed by atoms with Crippen LogP contribution in [0.5, 0.6) is 0 Å². The number of rotatable bonds is 3. The maximum Gasteiger partial charge on any atom is 0.245 e. The highest BCUT2D eigenvalue weighted by Crippen LogP contribution is 2.28. The molecule has 1 aromatic carbocycles. The van der Waals surface area contributed by atoms with Crippen molar-refractivity contribution in [3.05, 3.63) is 22.7 Å². The molecule has 1 aliphatic rings. The summed E-state index contributed by atoms with van der Waals surface area (Å²) >= 11 is 3.28. The smallest absolute Gasteiger partial charge is 0.245 e. The molecule has 19 heavy (non-hydrogen) atoms. The molecule has 0 aliphatic carbocycles. The largest absolute Gasteiger partial charge is 0.398 e. The van der Waals surface area contributed by atoms with Crippen LogP contribution >= 0.6 is 15.9 Å². The van der Waals surface area contributed by atoms with Crippen molar-refractivity contribution in [3.63, 3.8) is 0 Å². The van der Waals surface area contributed by atoms with E-state index in [0.29, 0.717) is 30.7 Å². The Morgan fingerprint density at radius 3 is 2.95 bits per heavy atom. The molecule has 106 valence electrons. The Morgan fingerprint density at radius 1 is 1.53 bits per heavy atom. The zero-order chi connectivity index (χ0) is 14.0. The van der Waals surface area contributed by atoms with Gasteiger partial charge in [-0.25, -0.2) is 8.42 Å². The first-order chi connectivity index (χ1) is 8.96. The van der Waals surface area contributed by atoms with E-state index in [4.69, 9.17) is 10.5 Å². The molecule has 2 N–H and O–H groups in total. The Bertz CT molecular complexity index is 562. The minimum Gasteiger partial charge on any atom is -0.398 e. The fourth-order valence-corrected chi connectivity index (χ4v) is 4.46. The monoisotopic (exact) mass is 348 g/mol. The number of hydrogen-bond acceptors (Lipinski definition) is 4. The molecule has 0 bridgehead atoms. The van der Waals surface area contributed by atoms with Crippen LogP contribution in [0.3, 0.4) is 0 Å². The molecule has 0 saturated carbocycles. The van der Waals surface area contributed by atoms with E-state index in [-0.39, 0.29) is 16.6 Å². The Kier molecular flexibility index (Phi) is 4.50. The van der Waals surface area contributed by atoms with Crippen molar-refractivity contribution in [3.8, 4) is 0 Å². The normalized spacial score (nSPS) is 21.5. The number of hydrogen-bond donors (Lipinski definition) is 1. The van der Waals surface area contributed by atoms with E-state index in [2.05, 4.69) is 15.9 Å². The summed E-state index contributed by atoms with van der Waals surface area (Å²) in [7, 11) is -3.58. The molecule has 0 aromatic heterocycles. The first-order valence-electron chi connectivity index (χ1n) is 6.11. The second kappa shape index (κ2) is 5.78. The molecule has 0 radical (unpaired) electrons. The van der Waals surface area contributed by atoms with E-state index in [1.807, 2.05) is 6.92 Å². The number of nitrogens with two attached hydrogens (primary N) is 1. The van der Waals surface area contributed by atoms with Crippen molar-refractivity contribution in [1.29, 1.82) is 0 Å². The zero-order valence-electron chi connectivity index (χ0n) is 10.7. The van der Waals surface area contributed by atoms with Crippen molar-refractivity contribution in [2.75, 3.05) is 25.5 Å². The number of halogens is 1. The summed E-state index contributed by atoms with van der Waals surface area (Å²) in [6.45, 7) is 3.17. The van der Waals surface area contributed by atoms with E-state index in [0.717, 1.165) is 0 Å². The fourth-order valence-electron chi connectivity index (χ4n) is 2.14. The highest BCUT2D eigenvalue weighted by atomic mass is 79.9. The Morgan fingerprint density at radius 2 is 2.26 bits per heavy atom. The number of nitrogen functional groups attached to an aromatic ring is 1. The predicted molar refractivity (Wildman–Crippen MR) is 77.3 cm³/mol. The third-order valence-electron chi connectivity index (χ3n) is 3.21. The molecule has 0 spiro atoms. The molecule has 1 heterocycles. The summed E-state index contributed by atoms with van der Waals surface area (Å²) in [5, 5.41) is 0. The first-order valence-corrected chi connectivity index (χ1v) is 8.34. The molecule has 1 atom stereocenters. The van der Waals surface area contributed by atoms with Crippen molar-refractivity contribution in [2.45, 2.75) is 24.3 Å². The first kappa shape index (κ1) is 14.8. The van der Waals surface area contributed by atoms with Gasteiger partial charge in [-0.05, 0) is 24.6 Å². The van der Waals surface area contributed by atoms with Gasteiger partial charge in [0.2, 0.25) is 10.0 Å². The van der Waals surface area contributed by atoms with E-state index < -0.39 is 10.0 Å². The van der Waals surface area contributed by atoms with Crippen LogP contribution in [0.4, 0.5) is 5.69 Å². The predicted octanol–water partition coefficient (Wildman–Crippen LogP) is 1.83. The lowest BCUT2D eigenvalue weighted by molar-refractivity contribution is 0.0314. The standard InChI is InChI=1S/C12H17BrN2O3S/c1-2-10-8-18-6-5-15(10)19(16,17)12-7-9(13)3-4-11(12)14/h3-4,7,10H,2,5-6,8,14H2,1H3. The molecule has 1 unspecified atom stereocenters. The molecule has 0 amide bonds. The maximum absolute atomic E-state index is 12.7. The minimum atomic E-state index is -3.58. The molecular formula is C12H17BrN2O3S. The summed E-state index contributed by atoms with van der Waals surface area (Å²) in [6.07, 6.45) is 0.715. The number of sulfonamides is 1. The van der Waals surface area contributed by atoms with Gasteiger partial charge < -0.3 is 10.5 Å². The van der Waals surface area contributed by atoms with Gasteiger partial charge in [-0.3, -0.25) is 0 Å². The molecular weight excluding hydrogens is 332 g/mol. The number of benzene rings is 1. The molecule has 1 aliphatic heterocycles. The quantitative estimate of drug-likeness (QED) is 0.845. The average Bonchev–Trinajstić information content (AvgIpc) is 2.41. The van der Waals surface area contributed by atoms with E-state index in [1.165, 1.54) is 4.31 Å². The topological polar surface area (TPSA) is 72.6 Å². The molecule has 5 nitrogen and oxygen atoms in total. The van der Waals surface area contributed by atoms with Gasteiger partial charge in [0, 0.05) is 17.1 Å². The van der Waals surface area contributed by atoms with Crippen LogP contribution in [0.15, 0.2) is 27.6 Å². The minimum absolute atomic E-state index is 0.128. The molecule has 1 fully saturated rings. The highest BCUT2D eigenvalue weighted by Gasteiger charge is 2.34. The van der Waals surface area contributed by atoms with Gasteiger partial charge >= 0.3 is 0 Å². The van der Waals surface area contributed by atoms with Gasteiger partial charge in [0.1, 0.15) is 4.90 Å². The summed E-state index contributed by atoms with van der Waals surface area (Å²) < 4.78 is 32.9. The number of ether oxygens (including phenoxy) is 1. The Hall–Kier alpha value is -0.630. The summed E-state index contributed by atoms with van der Waals surface area (Å²) in [4.78, 5) is 0.155. The van der Waals surface area contributed by atoms with Gasteiger partial charge in [-0.1, -0.05) is 22.9 Å². The Labute approximate surface area is 121 Å². The van der Waals surface area contributed by atoms with E-state index >= 15 is 0 Å². The van der Waals surface area contributed by atoms with Crippen LogP contribution in [-0.2, 0) is 14.8 Å². The van der Waals surface area contributed by atoms with Crippen LogP contribution in [-0.4, -0.2) is 38.5 Å². The average molecular weight is 349 g/mol. The van der Waals surface area contributed by atoms with Crippen LogP contribution in [0.2, 0.25) is 0 Å². The molecule has 2 rings (SSSR count). The third-order valence-corrected chi connectivity index (χ3v) is 5.71. The van der Waals surface area contributed by atoms with E-state index in [9.17, 15) is 8.42 Å². The number of anilines is 1. The van der Waals surface area contributed by atoms with Crippen molar-refractivity contribution >= 4 is 31.6 Å². The fraction of sp³-hybridized carbons (Fsp3) is 0.500. The second-order valence-corrected chi connectivity index (χ2v) is 7.21. The van der Waals surface area contributed by atoms with Gasteiger partial charge in [0.25, 0.3) is 0 Å². The molecule has 1 aromatic rings. The van der Waals surface area contributed by atoms with Crippen LogP contribution in [0.25, 0.3) is 0 Å². The van der Waals surface area contributed by atoms with Crippen LogP contribution < -0.4 is 5.73 Å². The zero-order valence-corrected chi connectivity index (χ0v) is 13.1. The maximum atomic E-state index is 12.7. The Balaban J connectivity index is 2.43. The van der Waals surface area contributed by atoms with Gasteiger partial charge in [-0.15, -0.1) is 0 Å². The SMILES string of the molecule is CCC1COCCN1S(=O)(=O)c1cc(Br)ccc1N. The van der Waals surface area contributed by atoms with Crippen LogP contribution in [0, 0.1) is 0 Å². The lowest BCUT2D eigenvalue weighted by Gasteiger charge is -2.34. The summed E-state index contributed by atoms with van der Waals surface area (Å²) in [6, 6.07) is 4.74. The van der Waals surface area contributed by atoms with Gasteiger partial charge in [0.05, 0.1) is 18.9 Å². The lowest BCUT2D eigenvalue weighted by atomic mass is 10.2. The van der Waals surface area contributed by atoms with Crippen molar-refractivity contribution in [1.82, 2.24) is 4.31 Å². The lowest BCUT2D eigenvalue weighted by Crippen LogP contribution is -2.48. The molecule has 7 heteroatoms. The van der Waals surface area contributed by atoms with Crippen molar-refractivity contribution in [2.24, 2.45) is 0 Å².